The van der Waals surface area contributed by atoms with Crippen LogP contribution in [-0.4, -0.2) is 11.1 Å². The molecule has 0 aliphatic heterocycles. The van der Waals surface area contributed by atoms with Gasteiger partial charge in [-0.05, 0) is 29.8 Å². The van der Waals surface area contributed by atoms with E-state index in [1.54, 1.807) is 12.3 Å². The van der Waals surface area contributed by atoms with Gasteiger partial charge in [0, 0.05) is 16.8 Å². The second kappa shape index (κ2) is 5.95. The predicted octanol–water partition coefficient (Wildman–Crippen LogP) is 4.76. The molecule has 0 heterocycles. The number of nitro groups is 1. The molecule has 0 N–H and O–H groups in total. The van der Waals surface area contributed by atoms with Crippen molar-refractivity contribution in [3.63, 3.8) is 0 Å². The first kappa shape index (κ1) is 13.7. The first-order valence-electron chi connectivity index (χ1n) is 5.30. The fourth-order valence-corrected chi connectivity index (χ4v) is 1.87. The summed E-state index contributed by atoms with van der Waals surface area (Å²) in [6.45, 7) is 0. The van der Waals surface area contributed by atoms with Gasteiger partial charge in [0.25, 0.3) is 5.69 Å². The van der Waals surface area contributed by atoms with Crippen LogP contribution < -0.4 is 0 Å². The van der Waals surface area contributed by atoms with E-state index in [9.17, 15) is 10.1 Å². The highest BCUT2D eigenvalue weighted by Gasteiger charge is 2.11. The molecule has 0 saturated carbocycles. The average molecular weight is 340 g/mol. The molecule has 6 heteroatoms. The van der Waals surface area contributed by atoms with Crippen LogP contribution >= 0.6 is 27.5 Å². The number of aliphatic imine (C=N–C) groups is 1. The molecule has 2 aromatic carbocycles. The summed E-state index contributed by atoms with van der Waals surface area (Å²) in [5.41, 5.74) is 1.24. The van der Waals surface area contributed by atoms with E-state index in [0.29, 0.717) is 5.69 Å². The molecule has 0 fully saturated rings. The van der Waals surface area contributed by atoms with Crippen LogP contribution in [0.5, 0.6) is 0 Å². The number of rotatable bonds is 3. The number of hydrogen-bond acceptors (Lipinski definition) is 3. The molecule has 0 bridgehead atoms. The van der Waals surface area contributed by atoms with Crippen LogP contribution in [0.4, 0.5) is 11.4 Å². The zero-order chi connectivity index (χ0) is 13.8. The summed E-state index contributed by atoms with van der Waals surface area (Å²) in [5, 5.41) is 10.9. The Morgan fingerprint density at radius 3 is 2.53 bits per heavy atom. The Bertz CT molecular complexity index is 642. The smallest absolute Gasteiger partial charge is 0.258 e. The van der Waals surface area contributed by atoms with Crippen LogP contribution in [-0.2, 0) is 0 Å². The fourth-order valence-electron chi connectivity index (χ4n) is 1.42. The van der Waals surface area contributed by atoms with Gasteiger partial charge in [0.2, 0.25) is 0 Å². The molecule has 4 nitrogen and oxygen atoms in total. The summed E-state index contributed by atoms with van der Waals surface area (Å²) in [4.78, 5) is 14.4. The summed E-state index contributed by atoms with van der Waals surface area (Å²) in [6, 6.07) is 12.0. The van der Waals surface area contributed by atoms with Crippen molar-refractivity contribution in [3.8, 4) is 0 Å². The highest BCUT2D eigenvalue weighted by atomic mass is 79.9. The van der Waals surface area contributed by atoms with Gasteiger partial charge in [-0.1, -0.05) is 39.7 Å². The maximum atomic E-state index is 10.7. The Balaban J connectivity index is 2.26. The van der Waals surface area contributed by atoms with E-state index in [1.807, 2.05) is 24.3 Å². The van der Waals surface area contributed by atoms with E-state index in [1.165, 1.54) is 12.1 Å². The van der Waals surface area contributed by atoms with Crippen molar-refractivity contribution in [1.82, 2.24) is 0 Å². The lowest BCUT2D eigenvalue weighted by atomic mass is 10.2. The summed E-state index contributed by atoms with van der Waals surface area (Å²) in [5.74, 6) is 0. The van der Waals surface area contributed by atoms with Gasteiger partial charge in [0.15, 0.2) is 0 Å². The second-order valence-electron chi connectivity index (χ2n) is 3.70. The van der Waals surface area contributed by atoms with Crippen LogP contribution in [0.2, 0.25) is 5.02 Å². The van der Waals surface area contributed by atoms with Crippen molar-refractivity contribution in [2.24, 2.45) is 4.99 Å². The van der Waals surface area contributed by atoms with Gasteiger partial charge < -0.3 is 0 Å². The second-order valence-corrected chi connectivity index (χ2v) is 5.03. The summed E-state index contributed by atoms with van der Waals surface area (Å²) >= 11 is 9.07. The van der Waals surface area contributed by atoms with Crippen molar-refractivity contribution in [2.75, 3.05) is 0 Å². The molecule has 96 valence electrons. The molecule has 0 atom stereocenters. The largest absolute Gasteiger partial charge is 0.290 e. The van der Waals surface area contributed by atoms with E-state index in [2.05, 4.69) is 20.9 Å². The predicted molar refractivity (Wildman–Crippen MR) is 79.5 cm³/mol. The highest BCUT2D eigenvalue weighted by Crippen LogP contribution is 2.28. The lowest BCUT2D eigenvalue weighted by Gasteiger charge is -1.97. The lowest BCUT2D eigenvalue weighted by Crippen LogP contribution is -1.88. The van der Waals surface area contributed by atoms with E-state index in [4.69, 9.17) is 11.6 Å². The summed E-state index contributed by atoms with van der Waals surface area (Å²) < 4.78 is 0.979. The quantitative estimate of drug-likeness (QED) is 0.460. The molecule has 0 unspecified atom stereocenters. The molecular weight excluding hydrogens is 332 g/mol. The SMILES string of the molecule is O=[N+]([O-])c1cc(N=Cc2ccc(Br)cc2)ccc1Cl. The third-order valence-corrected chi connectivity index (χ3v) is 3.21. The number of nitrogens with zero attached hydrogens (tertiary/aromatic N) is 2. The normalized spacial score (nSPS) is 10.8. The Kier molecular flexibility index (Phi) is 4.29. The fraction of sp³-hybridized carbons (Fsp3) is 0. The number of benzene rings is 2. The van der Waals surface area contributed by atoms with E-state index < -0.39 is 4.92 Å². The molecule has 0 aliphatic rings. The molecule has 0 saturated heterocycles. The topological polar surface area (TPSA) is 55.5 Å². The van der Waals surface area contributed by atoms with E-state index in [0.717, 1.165) is 10.0 Å². The van der Waals surface area contributed by atoms with Crippen LogP contribution in [0.3, 0.4) is 0 Å². The van der Waals surface area contributed by atoms with E-state index >= 15 is 0 Å². The van der Waals surface area contributed by atoms with Crippen LogP contribution in [0.25, 0.3) is 0 Å². The monoisotopic (exact) mass is 338 g/mol. The van der Waals surface area contributed by atoms with Gasteiger partial charge in [-0.2, -0.15) is 0 Å². The van der Waals surface area contributed by atoms with Gasteiger partial charge in [-0.25, -0.2) is 0 Å². The Hall–Kier alpha value is -1.72. The third-order valence-electron chi connectivity index (χ3n) is 2.36. The van der Waals surface area contributed by atoms with Crippen molar-refractivity contribution in [1.29, 1.82) is 0 Å². The summed E-state index contributed by atoms with van der Waals surface area (Å²) in [6.07, 6.45) is 1.64. The minimum Gasteiger partial charge on any atom is -0.258 e. The Labute approximate surface area is 123 Å². The van der Waals surface area contributed by atoms with Gasteiger partial charge in [0.05, 0.1) is 10.6 Å². The molecule has 2 rings (SSSR count). The van der Waals surface area contributed by atoms with Crippen LogP contribution in [0.1, 0.15) is 5.56 Å². The molecule has 0 aromatic heterocycles. The van der Waals surface area contributed by atoms with Crippen molar-refractivity contribution in [3.05, 3.63) is 67.6 Å². The maximum Gasteiger partial charge on any atom is 0.290 e. The number of halogens is 2. The minimum atomic E-state index is -0.527. The van der Waals surface area contributed by atoms with Crippen LogP contribution in [0.15, 0.2) is 51.9 Å². The molecule has 0 aliphatic carbocycles. The third kappa shape index (κ3) is 3.62. The van der Waals surface area contributed by atoms with Gasteiger partial charge in [-0.3, -0.25) is 15.1 Å². The van der Waals surface area contributed by atoms with Crippen LogP contribution in [0, 0.1) is 10.1 Å². The highest BCUT2D eigenvalue weighted by molar-refractivity contribution is 9.10. The molecule has 0 spiro atoms. The zero-order valence-corrected chi connectivity index (χ0v) is 11.9. The maximum absolute atomic E-state index is 10.7. The first-order valence-corrected chi connectivity index (χ1v) is 6.47. The van der Waals surface area contributed by atoms with Gasteiger partial charge >= 0.3 is 0 Å². The number of nitro benzene ring substituents is 1. The van der Waals surface area contributed by atoms with Crippen molar-refractivity contribution in [2.45, 2.75) is 0 Å². The minimum absolute atomic E-state index is 0.104. The van der Waals surface area contributed by atoms with Crippen molar-refractivity contribution < 1.29 is 4.92 Å². The molecule has 0 amide bonds. The molecule has 0 radical (unpaired) electrons. The molecular formula is C13H8BrClN2O2. The average Bonchev–Trinajstić information content (AvgIpc) is 2.39. The molecule has 2 aromatic rings. The lowest BCUT2D eigenvalue weighted by molar-refractivity contribution is -0.384. The first-order chi connectivity index (χ1) is 9.06. The summed E-state index contributed by atoms with van der Waals surface area (Å²) in [7, 11) is 0. The molecule has 19 heavy (non-hydrogen) atoms. The Morgan fingerprint density at radius 2 is 1.89 bits per heavy atom. The van der Waals surface area contributed by atoms with E-state index in [-0.39, 0.29) is 10.7 Å². The Morgan fingerprint density at radius 1 is 1.21 bits per heavy atom. The van der Waals surface area contributed by atoms with Gasteiger partial charge in [-0.15, -0.1) is 0 Å². The van der Waals surface area contributed by atoms with Gasteiger partial charge in [0.1, 0.15) is 5.02 Å². The van der Waals surface area contributed by atoms with Crippen molar-refractivity contribution >= 4 is 45.1 Å². The standard InChI is InChI=1S/C13H8BrClN2O2/c14-10-3-1-9(2-4-10)8-16-11-5-6-12(15)13(7-11)17(18)19/h1-8H. The zero-order valence-electron chi connectivity index (χ0n) is 9.59. The number of hydrogen-bond donors (Lipinski definition) is 0.